The quantitative estimate of drug-likeness (QED) is 0.106. The number of hydrogen-bond donors (Lipinski definition) is 3. The first-order valence-corrected chi connectivity index (χ1v) is 15.4. The molecule has 3 N–H and O–H groups in total. The van der Waals surface area contributed by atoms with E-state index >= 15 is 0 Å². The minimum Gasteiger partial charge on any atom is -0.325 e. The van der Waals surface area contributed by atoms with E-state index in [0.717, 1.165) is 16.0 Å². The second-order valence-corrected chi connectivity index (χ2v) is 11.8. The number of hydrogen-bond acceptors (Lipinski definition) is 4. The summed E-state index contributed by atoms with van der Waals surface area (Å²) in [4.78, 5) is 40.8. The number of halogens is 1. The Balaban J connectivity index is 1.37. The fourth-order valence-electron chi connectivity index (χ4n) is 4.40. The van der Waals surface area contributed by atoms with E-state index in [2.05, 4.69) is 16.0 Å². The number of aryl methyl sites for hydroxylation is 1. The van der Waals surface area contributed by atoms with Crippen LogP contribution in [0.4, 0.5) is 11.4 Å². The third-order valence-corrected chi connectivity index (χ3v) is 8.22. The molecule has 0 aliphatic carbocycles. The van der Waals surface area contributed by atoms with E-state index in [4.69, 9.17) is 11.6 Å². The zero-order valence-corrected chi connectivity index (χ0v) is 25.9. The summed E-state index contributed by atoms with van der Waals surface area (Å²) in [5.41, 5.74) is 4.33. The highest BCUT2D eigenvalue weighted by Crippen LogP contribution is 2.37. The van der Waals surface area contributed by atoms with Gasteiger partial charge in [-0.15, -0.1) is 11.8 Å². The second kappa shape index (κ2) is 15.1. The largest absolute Gasteiger partial charge is 0.325 e. The predicted molar refractivity (Wildman–Crippen MR) is 183 cm³/mol. The molecule has 0 radical (unpaired) electrons. The topological polar surface area (TPSA) is 87.3 Å². The van der Waals surface area contributed by atoms with Crippen LogP contribution in [0.25, 0.3) is 6.08 Å². The molecule has 45 heavy (non-hydrogen) atoms. The molecular formula is C37H30ClN3O3S. The van der Waals surface area contributed by atoms with Crippen molar-refractivity contribution in [3.05, 3.63) is 166 Å². The number of nitrogens with one attached hydrogen (secondary N) is 3. The van der Waals surface area contributed by atoms with E-state index in [9.17, 15) is 14.4 Å². The number of benzene rings is 5. The maximum absolute atomic E-state index is 13.5. The molecule has 0 saturated carbocycles. The van der Waals surface area contributed by atoms with Crippen LogP contribution in [0.2, 0.25) is 5.02 Å². The first kappa shape index (κ1) is 31.3. The highest BCUT2D eigenvalue weighted by atomic mass is 35.5. The molecule has 5 aromatic carbocycles. The first-order valence-electron chi connectivity index (χ1n) is 14.2. The summed E-state index contributed by atoms with van der Waals surface area (Å²) in [7, 11) is 0. The van der Waals surface area contributed by atoms with Crippen molar-refractivity contribution < 1.29 is 14.4 Å². The van der Waals surface area contributed by atoms with Gasteiger partial charge in [0.05, 0.1) is 0 Å². The second-order valence-electron chi connectivity index (χ2n) is 10.2. The van der Waals surface area contributed by atoms with Gasteiger partial charge >= 0.3 is 0 Å². The molecule has 0 fully saturated rings. The van der Waals surface area contributed by atoms with E-state index in [0.29, 0.717) is 27.5 Å². The molecule has 0 saturated heterocycles. The van der Waals surface area contributed by atoms with Crippen LogP contribution in [0.3, 0.4) is 0 Å². The van der Waals surface area contributed by atoms with Crippen molar-refractivity contribution in [1.82, 2.24) is 5.32 Å². The van der Waals surface area contributed by atoms with Gasteiger partial charge in [0.25, 0.3) is 11.8 Å². The first-order chi connectivity index (χ1) is 21.8. The van der Waals surface area contributed by atoms with Gasteiger partial charge in [-0.25, -0.2) is 0 Å². The average molecular weight is 632 g/mol. The van der Waals surface area contributed by atoms with Crippen LogP contribution >= 0.6 is 23.4 Å². The molecule has 1 unspecified atom stereocenters. The lowest BCUT2D eigenvalue weighted by Crippen LogP contribution is -2.30. The van der Waals surface area contributed by atoms with Crippen molar-refractivity contribution in [2.45, 2.75) is 17.1 Å². The van der Waals surface area contributed by atoms with Crippen molar-refractivity contribution in [1.29, 1.82) is 0 Å². The van der Waals surface area contributed by atoms with Crippen molar-refractivity contribution in [3.63, 3.8) is 0 Å². The highest BCUT2D eigenvalue weighted by Gasteiger charge is 2.23. The van der Waals surface area contributed by atoms with Gasteiger partial charge in [-0.2, -0.15) is 0 Å². The summed E-state index contributed by atoms with van der Waals surface area (Å²) in [6.45, 7) is 1.99. The van der Waals surface area contributed by atoms with Crippen LogP contribution in [0.5, 0.6) is 0 Å². The van der Waals surface area contributed by atoms with Crippen LogP contribution in [-0.4, -0.2) is 17.7 Å². The summed E-state index contributed by atoms with van der Waals surface area (Å²) in [6.07, 6.45) is 1.59. The van der Waals surface area contributed by atoms with Gasteiger partial charge in [0.15, 0.2) is 0 Å². The fraction of sp³-hybridized carbons (Fsp3) is 0.0541. The van der Waals surface area contributed by atoms with Crippen molar-refractivity contribution in [3.8, 4) is 0 Å². The lowest BCUT2D eigenvalue weighted by Gasteiger charge is -2.18. The summed E-state index contributed by atoms with van der Waals surface area (Å²) < 4.78 is 0. The third-order valence-electron chi connectivity index (χ3n) is 6.72. The van der Waals surface area contributed by atoms with Gasteiger partial charge in [-0.3, -0.25) is 14.4 Å². The smallest absolute Gasteiger partial charge is 0.272 e. The maximum atomic E-state index is 13.5. The highest BCUT2D eigenvalue weighted by molar-refractivity contribution is 8.00. The Kier molecular flexibility index (Phi) is 10.5. The molecule has 0 spiro atoms. The van der Waals surface area contributed by atoms with Crippen molar-refractivity contribution >= 4 is 58.5 Å². The molecule has 3 amide bonds. The lowest BCUT2D eigenvalue weighted by molar-refractivity contribution is -0.116. The zero-order valence-electron chi connectivity index (χ0n) is 24.4. The molecular weight excluding hydrogens is 602 g/mol. The Morgan fingerprint density at radius 2 is 1.38 bits per heavy atom. The van der Waals surface area contributed by atoms with Gasteiger partial charge in [0.1, 0.15) is 10.9 Å². The minimum atomic E-state index is -0.552. The third kappa shape index (κ3) is 8.95. The SMILES string of the molecule is Cc1ccc(NC(=O)C(Sc2cccc(NC(=O)/C(=C/c3ccc(Cl)cc3)NC(=O)c3ccccc3)c2)c2ccccc2)cc1. The number of thioether (sulfide) groups is 1. The maximum Gasteiger partial charge on any atom is 0.272 e. The molecule has 6 nitrogen and oxygen atoms in total. The average Bonchev–Trinajstić information content (AvgIpc) is 3.06. The Bertz CT molecular complexity index is 1810. The normalized spacial score (nSPS) is 11.7. The number of anilines is 2. The number of amides is 3. The van der Waals surface area contributed by atoms with Crippen LogP contribution in [0.1, 0.15) is 32.3 Å². The summed E-state index contributed by atoms with van der Waals surface area (Å²) in [5, 5.41) is 8.67. The minimum absolute atomic E-state index is 0.0591. The standard InChI is InChI=1S/C37H30ClN3O3S/c1-25-15-21-30(22-16-25)39-37(44)34(27-9-4-2-5-10-27)45-32-14-8-13-31(24-32)40-36(43)33(23-26-17-19-29(38)20-18-26)41-35(42)28-11-6-3-7-12-28/h2-24,34H,1H3,(H,39,44)(H,40,43)(H,41,42)/b33-23-. The van der Waals surface area contributed by atoms with Crippen LogP contribution in [0.15, 0.2) is 144 Å². The predicted octanol–water partition coefficient (Wildman–Crippen LogP) is 8.53. The van der Waals surface area contributed by atoms with Crippen LogP contribution < -0.4 is 16.0 Å². The summed E-state index contributed by atoms with van der Waals surface area (Å²) in [6, 6.07) is 40.0. The molecule has 5 aromatic rings. The summed E-state index contributed by atoms with van der Waals surface area (Å²) in [5.74, 6) is -1.09. The molecule has 0 aromatic heterocycles. The molecule has 224 valence electrons. The van der Waals surface area contributed by atoms with E-state index in [1.54, 1.807) is 66.7 Å². The Labute approximate surface area is 271 Å². The number of rotatable bonds is 10. The lowest BCUT2D eigenvalue weighted by atomic mass is 10.1. The van der Waals surface area contributed by atoms with Gasteiger partial charge in [-0.1, -0.05) is 96.0 Å². The van der Waals surface area contributed by atoms with Gasteiger partial charge in [0.2, 0.25) is 5.91 Å². The Morgan fingerprint density at radius 1 is 0.711 bits per heavy atom. The van der Waals surface area contributed by atoms with E-state index in [1.807, 2.05) is 79.7 Å². The Hall–Kier alpha value is -5.11. The number of carbonyl (C=O) groups excluding carboxylic acids is 3. The van der Waals surface area contributed by atoms with E-state index in [1.165, 1.54) is 11.8 Å². The van der Waals surface area contributed by atoms with Gasteiger partial charge in [0, 0.05) is 26.9 Å². The molecule has 8 heteroatoms. The van der Waals surface area contributed by atoms with Crippen LogP contribution in [0, 0.1) is 6.92 Å². The fourth-order valence-corrected chi connectivity index (χ4v) is 5.60. The molecule has 0 aliphatic heterocycles. The van der Waals surface area contributed by atoms with Crippen molar-refractivity contribution in [2.24, 2.45) is 0 Å². The molecule has 0 bridgehead atoms. The monoisotopic (exact) mass is 631 g/mol. The Morgan fingerprint density at radius 3 is 2.07 bits per heavy atom. The van der Waals surface area contributed by atoms with E-state index in [-0.39, 0.29) is 11.6 Å². The number of carbonyl (C=O) groups is 3. The van der Waals surface area contributed by atoms with Gasteiger partial charge < -0.3 is 16.0 Å². The summed E-state index contributed by atoms with van der Waals surface area (Å²) >= 11 is 7.41. The van der Waals surface area contributed by atoms with E-state index < -0.39 is 17.1 Å². The molecule has 5 rings (SSSR count). The van der Waals surface area contributed by atoms with Crippen molar-refractivity contribution in [2.75, 3.05) is 10.6 Å². The molecule has 1 atom stereocenters. The zero-order chi connectivity index (χ0) is 31.6. The molecule has 0 heterocycles. The molecule has 0 aliphatic rings. The van der Waals surface area contributed by atoms with Gasteiger partial charge in [-0.05, 0) is 78.7 Å². The van der Waals surface area contributed by atoms with Crippen LogP contribution in [-0.2, 0) is 9.59 Å².